The summed E-state index contributed by atoms with van der Waals surface area (Å²) in [5, 5.41) is 10.7. The number of nitrogens with zero attached hydrogens (tertiary/aromatic N) is 1. The first-order chi connectivity index (χ1) is 15.9. The van der Waals surface area contributed by atoms with Gasteiger partial charge >= 0.3 is 12.1 Å². The maximum Gasteiger partial charge on any atom is 0.422 e. The first-order valence-electron chi connectivity index (χ1n) is 9.06. The summed E-state index contributed by atoms with van der Waals surface area (Å²) in [6, 6.07) is 6.98. The van der Waals surface area contributed by atoms with Crippen molar-refractivity contribution in [2.45, 2.75) is 6.18 Å². The number of hydrogen-bond acceptors (Lipinski definition) is 4. The molecule has 0 unspecified atom stereocenters. The number of ether oxygens (including phenoxy) is 1. The SMILES string of the molecule is O=C(Nc1c(F)cccc1Cl)c1cc(F)c(-c2ccc(Cl)c(C(=O)O)n2)cc1OCC(F)(F)F. The molecule has 0 radical (unpaired) electrons. The smallest absolute Gasteiger partial charge is 0.422 e. The number of carboxylic acids is 1. The van der Waals surface area contributed by atoms with Gasteiger partial charge in [0.05, 0.1) is 27.0 Å². The number of carbonyl (C=O) groups is 2. The van der Waals surface area contributed by atoms with E-state index in [1.165, 1.54) is 12.1 Å². The molecule has 0 aliphatic heterocycles. The molecule has 2 aromatic carbocycles. The fraction of sp³-hybridized carbons (Fsp3) is 0.0952. The number of aromatic nitrogens is 1. The van der Waals surface area contributed by atoms with Crippen LogP contribution in [0.15, 0.2) is 42.5 Å². The van der Waals surface area contributed by atoms with Gasteiger partial charge in [0.25, 0.3) is 5.91 Å². The minimum absolute atomic E-state index is 0.213. The molecule has 1 amide bonds. The van der Waals surface area contributed by atoms with E-state index in [0.717, 1.165) is 24.3 Å². The molecule has 0 atom stereocenters. The summed E-state index contributed by atoms with van der Waals surface area (Å²) in [6.45, 7) is -1.84. The van der Waals surface area contributed by atoms with Crippen LogP contribution in [0.25, 0.3) is 11.3 Å². The molecule has 0 aliphatic rings. The Morgan fingerprint density at radius 1 is 1.03 bits per heavy atom. The zero-order chi connectivity index (χ0) is 25.2. The Bertz CT molecular complexity index is 1260. The number of carbonyl (C=O) groups excluding carboxylic acids is 1. The minimum Gasteiger partial charge on any atom is -0.483 e. The second-order valence-electron chi connectivity index (χ2n) is 6.61. The van der Waals surface area contributed by atoms with E-state index in [0.29, 0.717) is 6.07 Å². The minimum atomic E-state index is -4.81. The number of anilines is 1. The first kappa shape index (κ1) is 25.2. The number of para-hydroxylation sites is 1. The van der Waals surface area contributed by atoms with Crippen LogP contribution in [0.3, 0.4) is 0 Å². The molecule has 178 valence electrons. The Morgan fingerprint density at radius 2 is 1.74 bits per heavy atom. The highest BCUT2D eigenvalue weighted by Crippen LogP contribution is 2.33. The van der Waals surface area contributed by atoms with Gasteiger partial charge in [-0.05, 0) is 36.4 Å². The Balaban J connectivity index is 2.09. The molecule has 1 heterocycles. The second kappa shape index (κ2) is 9.82. The van der Waals surface area contributed by atoms with Crippen molar-refractivity contribution < 1.29 is 41.4 Å². The summed E-state index contributed by atoms with van der Waals surface area (Å²) >= 11 is 11.6. The lowest BCUT2D eigenvalue weighted by Crippen LogP contribution is -2.22. The van der Waals surface area contributed by atoms with Crippen LogP contribution in [0.5, 0.6) is 5.75 Å². The average Bonchev–Trinajstić information content (AvgIpc) is 2.75. The van der Waals surface area contributed by atoms with Crippen LogP contribution in [0.4, 0.5) is 27.6 Å². The Morgan fingerprint density at radius 3 is 2.35 bits per heavy atom. The van der Waals surface area contributed by atoms with Gasteiger partial charge in [0, 0.05) is 5.56 Å². The molecular weight excluding hydrogens is 510 g/mol. The maximum atomic E-state index is 14.9. The first-order valence-corrected chi connectivity index (χ1v) is 9.81. The number of carboxylic acid groups (broad SMARTS) is 1. The number of benzene rings is 2. The van der Waals surface area contributed by atoms with Gasteiger partial charge in [-0.1, -0.05) is 29.3 Å². The summed E-state index contributed by atoms with van der Waals surface area (Å²) in [4.78, 5) is 27.6. The summed E-state index contributed by atoms with van der Waals surface area (Å²) < 4.78 is 71.9. The van der Waals surface area contributed by atoms with E-state index in [9.17, 15) is 31.5 Å². The van der Waals surface area contributed by atoms with Gasteiger partial charge in [-0.2, -0.15) is 13.2 Å². The van der Waals surface area contributed by atoms with Crippen LogP contribution in [0.1, 0.15) is 20.8 Å². The van der Waals surface area contributed by atoms with Crippen LogP contribution in [-0.4, -0.2) is 34.8 Å². The van der Waals surface area contributed by atoms with Crippen LogP contribution in [0, 0.1) is 11.6 Å². The van der Waals surface area contributed by atoms with E-state index in [1.807, 2.05) is 0 Å². The lowest BCUT2D eigenvalue weighted by molar-refractivity contribution is -0.153. The Labute approximate surface area is 197 Å². The number of rotatable bonds is 6. The molecule has 34 heavy (non-hydrogen) atoms. The number of pyridine rings is 1. The summed E-state index contributed by atoms with van der Waals surface area (Å²) in [7, 11) is 0. The third-order valence-corrected chi connectivity index (χ3v) is 4.85. The molecule has 0 aliphatic carbocycles. The standard InChI is InChI=1S/C21H11Cl2F5N2O4/c22-11-2-1-3-13(24)17(11)30-19(31)10-6-14(25)9(7-16(10)34-8-21(26,27)28)15-5-4-12(23)18(29-15)20(32)33/h1-7H,8H2,(H,30,31)(H,32,33). The molecule has 0 saturated carbocycles. The lowest BCUT2D eigenvalue weighted by atomic mass is 10.0. The molecular formula is C21H11Cl2F5N2O4. The fourth-order valence-electron chi connectivity index (χ4n) is 2.75. The molecule has 0 fully saturated rings. The van der Waals surface area contributed by atoms with Gasteiger partial charge in [0.15, 0.2) is 12.3 Å². The maximum absolute atomic E-state index is 14.9. The topological polar surface area (TPSA) is 88.5 Å². The monoisotopic (exact) mass is 520 g/mol. The van der Waals surface area contributed by atoms with Gasteiger partial charge < -0.3 is 15.2 Å². The van der Waals surface area contributed by atoms with Crippen molar-refractivity contribution in [1.29, 1.82) is 0 Å². The van der Waals surface area contributed by atoms with E-state index in [1.54, 1.807) is 0 Å². The number of alkyl halides is 3. The van der Waals surface area contributed by atoms with Crippen LogP contribution in [0.2, 0.25) is 10.0 Å². The number of amides is 1. The number of nitrogens with one attached hydrogen (secondary N) is 1. The van der Waals surface area contributed by atoms with Crippen LogP contribution >= 0.6 is 23.2 Å². The highest BCUT2D eigenvalue weighted by molar-refractivity contribution is 6.34. The van der Waals surface area contributed by atoms with E-state index in [2.05, 4.69) is 10.3 Å². The number of hydrogen-bond donors (Lipinski definition) is 2. The molecule has 13 heteroatoms. The fourth-order valence-corrected chi connectivity index (χ4v) is 3.14. The van der Waals surface area contributed by atoms with Crippen molar-refractivity contribution in [3.05, 3.63) is 75.4 Å². The van der Waals surface area contributed by atoms with E-state index < -0.39 is 64.6 Å². The number of halogens is 7. The molecule has 0 saturated heterocycles. The van der Waals surface area contributed by atoms with Gasteiger partial charge in [-0.25, -0.2) is 18.6 Å². The quantitative estimate of drug-likeness (QED) is 0.376. The zero-order valence-corrected chi connectivity index (χ0v) is 18.0. The van der Waals surface area contributed by atoms with Gasteiger partial charge in [0.1, 0.15) is 17.4 Å². The van der Waals surface area contributed by atoms with E-state index in [-0.39, 0.29) is 15.7 Å². The van der Waals surface area contributed by atoms with Gasteiger partial charge in [-0.3, -0.25) is 4.79 Å². The normalized spacial score (nSPS) is 11.3. The van der Waals surface area contributed by atoms with Crippen molar-refractivity contribution in [3.8, 4) is 17.0 Å². The molecule has 1 aromatic heterocycles. The van der Waals surface area contributed by atoms with E-state index in [4.69, 9.17) is 33.0 Å². The number of aromatic carboxylic acids is 1. The summed E-state index contributed by atoms with van der Waals surface area (Å²) in [5.41, 5.74) is -2.60. The zero-order valence-electron chi connectivity index (χ0n) is 16.5. The van der Waals surface area contributed by atoms with Gasteiger partial charge in [-0.15, -0.1) is 0 Å². The Kier molecular flexibility index (Phi) is 7.27. The molecule has 3 aromatic rings. The summed E-state index contributed by atoms with van der Waals surface area (Å²) in [6.07, 6.45) is -4.81. The average molecular weight is 521 g/mol. The predicted molar refractivity (Wildman–Crippen MR) is 113 cm³/mol. The van der Waals surface area contributed by atoms with Crippen molar-refractivity contribution in [1.82, 2.24) is 4.98 Å². The van der Waals surface area contributed by atoms with Crippen molar-refractivity contribution in [2.75, 3.05) is 11.9 Å². The second-order valence-corrected chi connectivity index (χ2v) is 7.43. The highest BCUT2D eigenvalue weighted by atomic mass is 35.5. The lowest BCUT2D eigenvalue weighted by Gasteiger charge is -2.16. The van der Waals surface area contributed by atoms with Crippen LogP contribution in [-0.2, 0) is 0 Å². The summed E-state index contributed by atoms with van der Waals surface area (Å²) in [5.74, 6) is -5.58. The van der Waals surface area contributed by atoms with Crippen molar-refractivity contribution in [2.24, 2.45) is 0 Å². The van der Waals surface area contributed by atoms with Crippen molar-refractivity contribution >= 4 is 40.8 Å². The third kappa shape index (κ3) is 5.72. The Hall–Kier alpha value is -3.44. The molecule has 2 N–H and O–H groups in total. The van der Waals surface area contributed by atoms with Crippen LogP contribution < -0.4 is 10.1 Å². The molecule has 3 rings (SSSR count). The van der Waals surface area contributed by atoms with E-state index >= 15 is 0 Å². The molecule has 6 nitrogen and oxygen atoms in total. The highest BCUT2D eigenvalue weighted by Gasteiger charge is 2.30. The predicted octanol–water partition coefficient (Wildman–Crippen LogP) is 6.23. The largest absolute Gasteiger partial charge is 0.483 e. The third-order valence-electron chi connectivity index (χ3n) is 4.23. The molecule has 0 spiro atoms. The van der Waals surface area contributed by atoms with Crippen molar-refractivity contribution in [3.63, 3.8) is 0 Å². The van der Waals surface area contributed by atoms with Gasteiger partial charge in [0.2, 0.25) is 0 Å². The molecule has 0 bridgehead atoms.